The van der Waals surface area contributed by atoms with Crippen molar-refractivity contribution in [2.24, 2.45) is 5.84 Å². The Morgan fingerprint density at radius 3 is 2.38 bits per heavy atom. The fraction of sp³-hybridized carbons (Fsp3) is 0. The smallest absolute Gasteiger partial charge is 0.351 e. The van der Waals surface area contributed by atoms with E-state index >= 15 is 0 Å². The maximum Gasteiger partial charge on any atom is 0.358 e. The number of carbonyl (C=O) groups excluding carboxylic acids is 1. The van der Waals surface area contributed by atoms with Crippen molar-refractivity contribution in [1.82, 2.24) is 10.2 Å². The van der Waals surface area contributed by atoms with Gasteiger partial charge in [-0.3, -0.25) is 0 Å². The van der Waals surface area contributed by atoms with Crippen LogP contribution in [0.3, 0.4) is 0 Å². The molecule has 0 saturated carbocycles. The van der Waals surface area contributed by atoms with Crippen LogP contribution in [-0.2, 0) is 4.84 Å². The van der Waals surface area contributed by atoms with Gasteiger partial charge in [-0.05, 0) is 36.4 Å². The SMILES string of the molecule is NNOC(=O)c1ccc2c(c1)c1ccccc1n2-c1ccccc1. The Labute approximate surface area is 138 Å². The molecule has 0 aliphatic rings. The van der Waals surface area contributed by atoms with Crippen LogP contribution < -0.4 is 11.4 Å². The van der Waals surface area contributed by atoms with Gasteiger partial charge >= 0.3 is 5.97 Å². The van der Waals surface area contributed by atoms with Crippen molar-refractivity contribution in [2.75, 3.05) is 0 Å². The van der Waals surface area contributed by atoms with Crippen LogP contribution in [-0.4, -0.2) is 10.5 Å². The molecule has 0 spiro atoms. The van der Waals surface area contributed by atoms with Gasteiger partial charge in [0.2, 0.25) is 0 Å². The summed E-state index contributed by atoms with van der Waals surface area (Å²) in [6.07, 6.45) is 0. The number of nitrogens with two attached hydrogens (primary N) is 1. The molecular weight excluding hydrogens is 302 g/mol. The van der Waals surface area contributed by atoms with Gasteiger partial charge in [0.25, 0.3) is 0 Å². The van der Waals surface area contributed by atoms with Crippen LogP contribution in [0.1, 0.15) is 10.4 Å². The van der Waals surface area contributed by atoms with E-state index in [0.717, 1.165) is 27.5 Å². The molecule has 0 unspecified atom stereocenters. The number of nitrogens with one attached hydrogen (secondary N) is 1. The molecule has 0 saturated heterocycles. The van der Waals surface area contributed by atoms with Crippen LogP contribution in [0.2, 0.25) is 0 Å². The van der Waals surface area contributed by atoms with E-state index in [2.05, 4.69) is 27.6 Å². The number of rotatable bonds is 3. The van der Waals surface area contributed by atoms with E-state index in [1.165, 1.54) is 0 Å². The number of para-hydroxylation sites is 2. The molecule has 5 nitrogen and oxygen atoms in total. The summed E-state index contributed by atoms with van der Waals surface area (Å²) in [6, 6.07) is 23.7. The van der Waals surface area contributed by atoms with E-state index in [0.29, 0.717) is 5.56 Å². The lowest BCUT2D eigenvalue weighted by Gasteiger charge is -2.07. The van der Waals surface area contributed by atoms with Crippen LogP contribution in [0.4, 0.5) is 0 Å². The molecule has 118 valence electrons. The summed E-state index contributed by atoms with van der Waals surface area (Å²) >= 11 is 0. The topological polar surface area (TPSA) is 69.3 Å². The number of benzene rings is 3. The third-order valence-electron chi connectivity index (χ3n) is 4.07. The predicted octanol–water partition coefficient (Wildman–Crippen LogP) is 3.32. The number of nitrogens with zero attached hydrogens (tertiary/aromatic N) is 1. The first-order valence-electron chi connectivity index (χ1n) is 7.55. The zero-order chi connectivity index (χ0) is 16.5. The normalized spacial score (nSPS) is 11.0. The number of aromatic nitrogens is 1. The van der Waals surface area contributed by atoms with Crippen molar-refractivity contribution in [3.63, 3.8) is 0 Å². The average Bonchev–Trinajstić information content (AvgIpc) is 2.96. The zero-order valence-electron chi connectivity index (χ0n) is 12.8. The molecule has 24 heavy (non-hydrogen) atoms. The molecule has 0 aliphatic heterocycles. The van der Waals surface area contributed by atoms with Gasteiger partial charge in [-0.15, -0.1) is 0 Å². The lowest BCUT2D eigenvalue weighted by atomic mass is 10.1. The van der Waals surface area contributed by atoms with Gasteiger partial charge in [0.1, 0.15) is 0 Å². The lowest BCUT2D eigenvalue weighted by molar-refractivity contribution is 0.0254. The van der Waals surface area contributed by atoms with Crippen LogP contribution in [0.25, 0.3) is 27.5 Å². The van der Waals surface area contributed by atoms with E-state index in [1.54, 1.807) is 6.07 Å². The number of carbonyl (C=O) groups is 1. The Bertz CT molecular complexity index is 1040. The minimum atomic E-state index is -0.518. The number of hydrazine groups is 1. The molecule has 3 N–H and O–H groups in total. The highest BCUT2D eigenvalue weighted by atomic mass is 16.7. The maximum atomic E-state index is 11.9. The standard InChI is InChI=1S/C19H15N3O2/c20-21-24-19(23)13-10-11-18-16(12-13)15-8-4-5-9-17(15)22(18)14-6-2-1-3-7-14/h1-12,21H,20H2. The summed E-state index contributed by atoms with van der Waals surface area (Å²) in [7, 11) is 0. The maximum absolute atomic E-state index is 11.9. The highest BCUT2D eigenvalue weighted by Crippen LogP contribution is 2.32. The molecule has 0 amide bonds. The highest BCUT2D eigenvalue weighted by Gasteiger charge is 2.15. The summed E-state index contributed by atoms with van der Waals surface area (Å²) in [6.45, 7) is 0. The Balaban J connectivity index is 2.03. The molecule has 0 bridgehead atoms. The molecule has 0 atom stereocenters. The van der Waals surface area contributed by atoms with Gasteiger partial charge in [0, 0.05) is 16.5 Å². The summed E-state index contributed by atoms with van der Waals surface area (Å²) in [4.78, 5) is 16.6. The van der Waals surface area contributed by atoms with Gasteiger partial charge in [-0.25, -0.2) is 10.6 Å². The third-order valence-corrected chi connectivity index (χ3v) is 4.07. The molecule has 0 radical (unpaired) electrons. The van der Waals surface area contributed by atoms with E-state index in [9.17, 15) is 4.79 Å². The van der Waals surface area contributed by atoms with Crippen molar-refractivity contribution in [2.45, 2.75) is 0 Å². The first kappa shape index (κ1) is 14.4. The van der Waals surface area contributed by atoms with Crippen molar-refractivity contribution in [1.29, 1.82) is 0 Å². The summed E-state index contributed by atoms with van der Waals surface area (Å²) in [5.41, 5.74) is 5.55. The highest BCUT2D eigenvalue weighted by molar-refractivity contribution is 6.11. The average molecular weight is 317 g/mol. The molecule has 3 aromatic carbocycles. The van der Waals surface area contributed by atoms with Gasteiger partial charge in [-0.1, -0.05) is 42.0 Å². The van der Waals surface area contributed by atoms with Crippen LogP contribution in [0.15, 0.2) is 72.8 Å². The second-order valence-corrected chi connectivity index (χ2v) is 5.43. The largest absolute Gasteiger partial charge is 0.358 e. The van der Waals surface area contributed by atoms with Crippen LogP contribution in [0, 0.1) is 0 Å². The van der Waals surface area contributed by atoms with Crippen molar-refractivity contribution < 1.29 is 9.63 Å². The van der Waals surface area contributed by atoms with E-state index < -0.39 is 5.97 Å². The minimum absolute atomic E-state index is 0.441. The Morgan fingerprint density at radius 2 is 1.58 bits per heavy atom. The van der Waals surface area contributed by atoms with E-state index in [-0.39, 0.29) is 0 Å². The molecule has 4 rings (SSSR count). The van der Waals surface area contributed by atoms with Crippen LogP contribution in [0.5, 0.6) is 0 Å². The first-order chi connectivity index (χ1) is 11.8. The third kappa shape index (κ3) is 2.23. The Hall–Kier alpha value is -3.15. The summed E-state index contributed by atoms with van der Waals surface area (Å²) in [5.74, 6) is 4.54. The summed E-state index contributed by atoms with van der Waals surface area (Å²) in [5, 5.41) is 2.06. The fourth-order valence-corrected chi connectivity index (χ4v) is 3.07. The molecule has 1 heterocycles. The molecule has 0 fully saturated rings. The Kier molecular flexibility index (Phi) is 3.49. The molecular formula is C19H15N3O2. The second kappa shape index (κ2) is 5.81. The minimum Gasteiger partial charge on any atom is -0.351 e. The molecule has 1 aromatic heterocycles. The van der Waals surface area contributed by atoms with Crippen molar-refractivity contribution in [3.8, 4) is 5.69 Å². The van der Waals surface area contributed by atoms with Crippen molar-refractivity contribution >= 4 is 27.8 Å². The van der Waals surface area contributed by atoms with Gasteiger partial charge in [-0.2, -0.15) is 0 Å². The van der Waals surface area contributed by atoms with E-state index in [1.807, 2.05) is 54.1 Å². The van der Waals surface area contributed by atoms with Gasteiger partial charge < -0.3 is 9.40 Å². The zero-order valence-corrected chi connectivity index (χ0v) is 12.8. The van der Waals surface area contributed by atoms with Crippen LogP contribution >= 0.6 is 0 Å². The van der Waals surface area contributed by atoms with Crippen molar-refractivity contribution in [3.05, 3.63) is 78.4 Å². The number of hydrogen-bond acceptors (Lipinski definition) is 4. The molecule has 5 heteroatoms. The predicted molar refractivity (Wildman–Crippen MR) is 93.5 cm³/mol. The Morgan fingerprint density at radius 1 is 0.875 bits per heavy atom. The fourth-order valence-electron chi connectivity index (χ4n) is 3.07. The van der Waals surface area contributed by atoms with Gasteiger partial charge in [0.05, 0.1) is 16.6 Å². The lowest BCUT2D eigenvalue weighted by Crippen LogP contribution is -2.26. The second-order valence-electron chi connectivity index (χ2n) is 5.43. The monoisotopic (exact) mass is 317 g/mol. The number of fused-ring (bicyclic) bond motifs is 3. The van der Waals surface area contributed by atoms with Gasteiger partial charge in [0.15, 0.2) is 0 Å². The van der Waals surface area contributed by atoms with E-state index in [4.69, 9.17) is 5.84 Å². The first-order valence-corrected chi connectivity index (χ1v) is 7.55. The quantitative estimate of drug-likeness (QED) is 0.449. The summed E-state index contributed by atoms with van der Waals surface area (Å²) < 4.78 is 2.18. The molecule has 0 aliphatic carbocycles. The number of hydrogen-bond donors (Lipinski definition) is 2. The molecule has 4 aromatic rings.